The van der Waals surface area contributed by atoms with Gasteiger partial charge in [-0.25, -0.2) is 0 Å². The van der Waals surface area contributed by atoms with Crippen LogP contribution >= 0.6 is 12.2 Å². The molecule has 0 saturated heterocycles. The summed E-state index contributed by atoms with van der Waals surface area (Å²) >= 11 is 5.26. The lowest BCUT2D eigenvalue weighted by Crippen LogP contribution is -2.27. The standard InChI is InChI=1S/C17H22N4O3S/c1-3-24-15(23)7-9-18-14(22)8-10-21-16(19-20-17(21)25)13-6-4-5-12(2)11-13/h4-6,11H,3,7-10H2,1-2H3,(H,18,22)(H,20,25). The maximum Gasteiger partial charge on any atom is 0.307 e. The summed E-state index contributed by atoms with van der Waals surface area (Å²) in [4.78, 5) is 23.2. The highest BCUT2D eigenvalue weighted by atomic mass is 32.1. The Labute approximate surface area is 151 Å². The van der Waals surface area contributed by atoms with Crippen molar-refractivity contribution < 1.29 is 14.3 Å². The summed E-state index contributed by atoms with van der Waals surface area (Å²) in [6.45, 7) is 4.76. The third-order valence-electron chi connectivity index (χ3n) is 3.55. The number of benzene rings is 1. The summed E-state index contributed by atoms with van der Waals surface area (Å²) in [6.07, 6.45) is 0.411. The lowest BCUT2D eigenvalue weighted by atomic mass is 10.1. The van der Waals surface area contributed by atoms with Gasteiger partial charge in [-0.15, -0.1) is 0 Å². The van der Waals surface area contributed by atoms with Gasteiger partial charge in [0.2, 0.25) is 5.91 Å². The fraction of sp³-hybridized carbons (Fsp3) is 0.412. The maximum atomic E-state index is 11.9. The monoisotopic (exact) mass is 362 g/mol. The second-order valence-electron chi connectivity index (χ2n) is 5.53. The Morgan fingerprint density at radius 3 is 2.88 bits per heavy atom. The van der Waals surface area contributed by atoms with E-state index in [0.717, 1.165) is 11.1 Å². The summed E-state index contributed by atoms with van der Waals surface area (Å²) < 4.78 is 7.08. The van der Waals surface area contributed by atoms with E-state index in [2.05, 4.69) is 15.5 Å². The molecule has 0 spiro atoms. The molecule has 0 unspecified atom stereocenters. The highest BCUT2D eigenvalue weighted by molar-refractivity contribution is 7.71. The van der Waals surface area contributed by atoms with E-state index in [4.69, 9.17) is 17.0 Å². The summed E-state index contributed by atoms with van der Waals surface area (Å²) in [7, 11) is 0. The molecule has 2 rings (SSSR count). The highest BCUT2D eigenvalue weighted by Crippen LogP contribution is 2.18. The number of aromatic amines is 1. The lowest BCUT2D eigenvalue weighted by Gasteiger charge is -2.08. The minimum Gasteiger partial charge on any atom is -0.466 e. The second-order valence-corrected chi connectivity index (χ2v) is 5.92. The van der Waals surface area contributed by atoms with Crippen molar-refractivity contribution in [1.82, 2.24) is 20.1 Å². The number of carbonyl (C=O) groups excluding carboxylic acids is 2. The number of nitrogens with one attached hydrogen (secondary N) is 2. The van der Waals surface area contributed by atoms with Gasteiger partial charge in [0.05, 0.1) is 13.0 Å². The maximum absolute atomic E-state index is 11.9. The van der Waals surface area contributed by atoms with Crippen LogP contribution in [0.15, 0.2) is 24.3 Å². The molecule has 0 aliphatic rings. The fourth-order valence-electron chi connectivity index (χ4n) is 2.37. The van der Waals surface area contributed by atoms with Crippen LogP contribution in [0.4, 0.5) is 0 Å². The molecule has 1 aromatic heterocycles. The van der Waals surface area contributed by atoms with Crippen molar-refractivity contribution in [3.05, 3.63) is 34.6 Å². The average molecular weight is 362 g/mol. The molecule has 0 aliphatic carbocycles. The van der Waals surface area contributed by atoms with E-state index >= 15 is 0 Å². The van der Waals surface area contributed by atoms with Crippen LogP contribution in [0.1, 0.15) is 25.3 Å². The summed E-state index contributed by atoms with van der Waals surface area (Å²) in [5, 5.41) is 9.74. The first-order chi connectivity index (χ1) is 12.0. The number of H-pyrrole nitrogens is 1. The molecule has 0 radical (unpaired) electrons. The Kier molecular flexibility index (Phi) is 6.88. The number of hydrogen-bond donors (Lipinski definition) is 2. The molecule has 2 N–H and O–H groups in total. The van der Waals surface area contributed by atoms with Crippen LogP contribution in [0.3, 0.4) is 0 Å². The van der Waals surface area contributed by atoms with Gasteiger partial charge in [-0.1, -0.05) is 23.8 Å². The zero-order valence-corrected chi connectivity index (χ0v) is 15.2. The summed E-state index contributed by atoms with van der Waals surface area (Å²) in [5.41, 5.74) is 2.06. The van der Waals surface area contributed by atoms with Gasteiger partial charge < -0.3 is 10.1 Å². The smallest absolute Gasteiger partial charge is 0.307 e. The first-order valence-electron chi connectivity index (χ1n) is 8.15. The van der Waals surface area contributed by atoms with Crippen molar-refractivity contribution in [2.45, 2.75) is 33.2 Å². The van der Waals surface area contributed by atoms with Gasteiger partial charge in [0, 0.05) is 25.1 Å². The molecule has 2 aromatic rings. The molecule has 1 amide bonds. The molecule has 0 saturated carbocycles. The van der Waals surface area contributed by atoms with Crippen LogP contribution in [0.5, 0.6) is 0 Å². The van der Waals surface area contributed by atoms with Crippen molar-refractivity contribution in [2.24, 2.45) is 0 Å². The van der Waals surface area contributed by atoms with E-state index in [-0.39, 0.29) is 31.3 Å². The SMILES string of the molecule is CCOC(=O)CCNC(=O)CCn1c(-c2cccc(C)c2)n[nH]c1=S. The minimum atomic E-state index is -0.318. The third-order valence-corrected chi connectivity index (χ3v) is 3.87. The van der Waals surface area contributed by atoms with Gasteiger partial charge in [-0.2, -0.15) is 5.10 Å². The van der Waals surface area contributed by atoms with Gasteiger partial charge in [0.15, 0.2) is 10.6 Å². The Morgan fingerprint density at radius 2 is 2.16 bits per heavy atom. The second kappa shape index (κ2) is 9.12. The predicted octanol–water partition coefficient (Wildman–Crippen LogP) is 2.38. The van der Waals surface area contributed by atoms with Crippen LogP contribution in [0, 0.1) is 11.7 Å². The van der Waals surface area contributed by atoms with Crippen LogP contribution < -0.4 is 5.32 Å². The molecule has 8 heteroatoms. The van der Waals surface area contributed by atoms with E-state index in [1.807, 2.05) is 31.2 Å². The van der Waals surface area contributed by atoms with E-state index < -0.39 is 0 Å². The molecule has 0 fully saturated rings. The number of esters is 1. The van der Waals surface area contributed by atoms with Gasteiger partial charge in [-0.05, 0) is 32.1 Å². The zero-order chi connectivity index (χ0) is 18.2. The van der Waals surface area contributed by atoms with E-state index in [1.165, 1.54) is 0 Å². The van der Waals surface area contributed by atoms with Crippen LogP contribution in [-0.4, -0.2) is 39.8 Å². The number of ether oxygens (including phenoxy) is 1. The number of rotatable bonds is 8. The number of carbonyl (C=O) groups is 2. The predicted molar refractivity (Wildman–Crippen MR) is 96.5 cm³/mol. The number of amides is 1. The minimum absolute atomic E-state index is 0.150. The first-order valence-corrected chi connectivity index (χ1v) is 8.56. The van der Waals surface area contributed by atoms with E-state index in [0.29, 0.717) is 23.7 Å². The molecule has 1 aromatic carbocycles. The van der Waals surface area contributed by atoms with Crippen molar-refractivity contribution in [1.29, 1.82) is 0 Å². The lowest BCUT2D eigenvalue weighted by molar-refractivity contribution is -0.143. The normalized spacial score (nSPS) is 10.5. The van der Waals surface area contributed by atoms with E-state index in [1.54, 1.807) is 11.5 Å². The first kappa shape index (κ1) is 18.9. The van der Waals surface area contributed by atoms with Crippen molar-refractivity contribution in [3.63, 3.8) is 0 Å². The third kappa shape index (κ3) is 5.53. The van der Waals surface area contributed by atoms with Crippen LogP contribution in [-0.2, 0) is 20.9 Å². The van der Waals surface area contributed by atoms with Crippen molar-refractivity contribution in [2.75, 3.05) is 13.2 Å². The van der Waals surface area contributed by atoms with Gasteiger partial charge in [0.25, 0.3) is 0 Å². The number of nitrogens with zero attached hydrogens (tertiary/aromatic N) is 2. The molecular weight excluding hydrogens is 340 g/mol. The Morgan fingerprint density at radius 1 is 1.36 bits per heavy atom. The highest BCUT2D eigenvalue weighted by Gasteiger charge is 2.11. The largest absolute Gasteiger partial charge is 0.466 e. The Balaban J connectivity index is 1.93. The average Bonchev–Trinajstić information content (AvgIpc) is 2.94. The summed E-state index contributed by atoms with van der Waals surface area (Å²) in [5.74, 6) is 0.234. The zero-order valence-electron chi connectivity index (χ0n) is 14.4. The van der Waals surface area contributed by atoms with Crippen molar-refractivity contribution >= 4 is 24.1 Å². The molecule has 1 heterocycles. The van der Waals surface area contributed by atoms with Gasteiger partial charge in [-0.3, -0.25) is 19.3 Å². The Bertz CT molecular complexity index is 797. The van der Waals surface area contributed by atoms with Gasteiger partial charge >= 0.3 is 5.97 Å². The molecule has 0 atom stereocenters. The molecule has 0 aliphatic heterocycles. The van der Waals surface area contributed by atoms with Crippen LogP contribution in [0.25, 0.3) is 11.4 Å². The topological polar surface area (TPSA) is 89.0 Å². The number of aryl methyl sites for hydroxylation is 1. The number of hydrogen-bond acceptors (Lipinski definition) is 5. The van der Waals surface area contributed by atoms with E-state index in [9.17, 15) is 9.59 Å². The summed E-state index contributed by atoms with van der Waals surface area (Å²) in [6, 6.07) is 7.93. The van der Waals surface area contributed by atoms with Gasteiger partial charge in [0.1, 0.15) is 0 Å². The molecule has 25 heavy (non-hydrogen) atoms. The quantitative estimate of drug-likeness (QED) is 0.556. The molecule has 0 bridgehead atoms. The van der Waals surface area contributed by atoms with Crippen LogP contribution in [0.2, 0.25) is 0 Å². The molecular formula is C17H22N4O3S. The molecule has 7 nitrogen and oxygen atoms in total. The Hall–Kier alpha value is -2.48. The number of aromatic nitrogens is 3. The molecule has 134 valence electrons. The fourth-order valence-corrected chi connectivity index (χ4v) is 2.59. The van der Waals surface area contributed by atoms with Crippen molar-refractivity contribution in [3.8, 4) is 11.4 Å².